The van der Waals surface area contributed by atoms with E-state index in [9.17, 15) is 9.59 Å². The number of hydrogen-bond acceptors (Lipinski definition) is 2. The first-order valence-electron chi connectivity index (χ1n) is 11.1. The van der Waals surface area contributed by atoms with Crippen molar-refractivity contribution in [3.05, 3.63) is 98.1 Å². The lowest BCUT2D eigenvalue weighted by atomic mass is 10.0. The Morgan fingerprint density at radius 1 is 0.944 bits per heavy atom. The van der Waals surface area contributed by atoms with Crippen molar-refractivity contribution in [3.63, 3.8) is 0 Å². The number of carbonyl (C=O) groups is 2. The Morgan fingerprint density at radius 2 is 1.67 bits per heavy atom. The average molecular weight is 581 g/mol. The number of anilines is 1. The first kappa shape index (κ1) is 25.4. The summed E-state index contributed by atoms with van der Waals surface area (Å²) in [7, 11) is 0. The minimum atomic E-state index is -1.31. The summed E-state index contributed by atoms with van der Waals surface area (Å²) in [4.78, 5) is 29.4. The lowest BCUT2D eigenvalue weighted by Gasteiger charge is -2.09. The molecule has 2 unspecified atom stereocenters. The first-order valence-corrected chi connectivity index (χ1v) is 13.0. The highest BCUT2D eigenvalue weighted by atomic mass is 35.5. The van der Waals surface area contributed by atoms with E-state index in [1.807, 2.05) is 31.2 Å². The fourth-order valence-electron chi connectivity index (χ4n) is 4.58. The molecule has 0 radical (unpaired) electrons. The second-order valence-corrected chi connectivity index (χ2v) is 11.7. The Labute approximate surface area is 232 Å². The molecule has 0 aliphatic heterocycles. The van der Waals surface area contributed by atoms with E-state index in [0.717, 1.165) is 22.2 Å². The minimum Gasteiger partial charge on any atom is -0.359 e. The van der Waals surface area contributed by atoms with Crippen LogP contribution in [0.4, 0.5) is 5.69 Å². The van der Waals surface area contributed by atoms with Gasteiger partial charge in [0.1, 0.15) is 4.33 Å². The standard InChI is InChI=1S/C27H19Cl5N2O2/c1-13-6-15-7-14(2-5-22(15)33-13)8-23(35)20-12-19(3-4-21(20)30)34-26(36)25-24(27(25,31)32)16-9-17(28)11-18(29)10-16/h2-7,9-12,24-25,33H,8H2,1H3,(H,34,36). The van der Waals surface area contributed by atoms with Crippen LogP contribution in [-0.2, 0) is 11.2 Å². The van der Waals surface area contributed by atoms with Gasteiger partial charge in [0.05, 0.1) is 10.9 Å². The van der Waals surface area contributed by atoms with Gasteiger partial charge in [-0.25, -0.2) is 0 Å². The summed E-state index contributed by atoms with van der Waals surface area (Å²) >= 11 is 31.5. The van der Waals surface area contributed by atoms with Crippen LogP contribution < -0.4 is 5.32 Å². The number of fused-ring (bicyclic) bond motifs is 1. The van der Waals surface area contributed by atoms with Crippen LogP contribution in [0, 0.1) is 12.8 Å². The number of aromatic nitrogens is 1. The van der Waals surface area contributed by atoms with Gasteiger partial charge in [-0.15, -0.1) is 23.2 Å². The fourth-order valence-corrected chi connectivity index (χ4v) is 6.17. The minimum absolute atomic E-state index is 0.162. The lowest BCUT2D eigenvalue weighted by molar-refractivity contribution is -0.117. The van der Waals surface area contributed by atoms with E-state index in [1.54, 1.807) is 36.4 Å². The molecule has 4 nitrogen and oxygen atoms in total. The molecule has 5 rings (SSSR count). The molecule has 1 amide bonds. The summed E-state index contributed by atoms with van der Waals surface area (Å²) in [6.07, 6.45) is 0.171. The van der Waals surface area contributed by atoms with Crippen LogP contribution in [-0.4, -0.2) is 21.0 Å². The van der Waals surface area contributed by atoms with E-state index in [-0.39, 0.29) is 18.1 Å². The SMILES string of the molecule is Cc1cc2cc(CC(=O)c3cc(NC(=O)C4C(c5cc(Cl)cc(Cl)c5)C4(Cl)Cl)ccc3Cl)ccc2[nH]1. The number of aromatic amines is 1. The zero-order valence-electron chi connectivity index (χ0n) is 18.8. The maximum atomic E-state index is 13.1. The number of rotatable bonds is 6. The van der Waals surface area contributed by atoms with Crippen molar-refractivity contribution < 1.29 is 9.59 Å². The third-order valence-corrected chi connectivity index (χ3v) is 8.01. The molecule has 1 fully saturated rings. The smallest absolute Gasteiger partial charge is 0.231 e. The van der Waals surface area contributed by atoms with Crippen molar-refractivity contribution in [2.75, 3.05) is 5.32 Å². The van der Waals surface area contributed by atoms with Gasteiger partial charge in [-0.2, -0.15) is 0 Å². The Kier molecular flexibility index (Phi) is 6.78. The molecule has 1 saturated carbocycles. The summed E-state index contributed by atoms with van der Waals surface area (Å²) in [5, 5.41) is 5.01. The quantitative estimate of drug-likeness (QED) is 0.178. The summed E-state index contributed by atoms with van der Waals surface area (Å²) < 4.78 is -1.31. The molecule has 36 heavy (non-hydrogen) atoms. The average Bonchev–Trinajstić information content (AvgIpc) is 3.18. The third kappa shape index (κ3) is 4.98. The molecule has 2 N–H and O–H groups in total. The van der Waals surface area contributed by atoms with Gasteiger partial charge in [-0.05, 0) is 78.0 Å². The zero-order chi connectivity index (χ0) is 25.8. The molecule has 184 valence electrons. The second-order valence-electron chi connectivity index (χ2n) is 8.99. The van der Waals surface area contributed by atoms with E-state index in [4.69, 9.17) is 58.0 Å². The molecule has 0 saturated heterocycles. The van der Waals surface area contributed by atoms with E-state index < -0.39 is 16.2 Å². The van der Waals surface area contributed by atoms with Crippen LogP contribution in [0.1, 0.15) is 33.1 Å². The molecule has 1 heterocycles. The van der Waals surface area contributed by atoms with Crippen molar-refractivity contribution in [2.24, 2.45) is 5.92 Å². The fraction of sp³-hybridized carbons (Fsp3) is 0.185. The molecule has 1 aliphatic carbocycles. The van der Waals surface area contributed by atoms with Gasteiger partial charge in [-0.3, -0.25) is 9.59 Å². The second kappa shape index (κ2) is 9.59. The van der Waals surface area contributed by atoms with Crippen molar-refractivity contribution in [1.82, 2.24) is 4.98 Å². The number of ketones is 1. The van der Waals surface area contributed by atoms with Gasteiger partial charge in [0.2, 0.25) is 5.91 Å². The van der Waals surface area contributed by atoms with Crippen LogP contribution in [0.15, 0.2) is 60.7 Å². The van der Waals surface area contributed by atoms with Crippen LogP contribution in [0.5, 0.6) is 0 Å². The molecule has 2 atom stereocenters. The molecule has 0 spiro atoms. The molecule has 9 heteroatoms. The number of Topliss-reactive ketones (excluding diaryl/α,β-unsaturated/α-hetero) is 1. The normalized spacial score (nSPS) is 18.3. The number of H-pyrrole nitrogens is 1. The van der Waals surface area contributed by atoms with Gasteiger partial charge >= 0.3 is 0 Å². The van der Waals surface area contributed by atoms with Crippen LogP contribution >= 0.6 is 58.0 Å². The van der Waals surface area contributed by atoms with Crippen molar-refractivity contribution in [2.45, 2.75) is 23.6 Å². The number of amides is 1. The highest BCUT2D eigenvalue weighted by molar-refractivity contribution is 6.53. The number of halogens is 5. The molecule has 4 aromatic rings. The number of alkyl halides is 2. The topological polar surface area (TPSA) is 62.0 Å². The van der Waals surface area contributed by atoms with Gasteiger partial charge in [-0.1, -0.05) is 40.9 Å². The molecular weight excluding hydrogens is 562 g/mol. The highest BCUT2D eigenvalue weighted by Crippen LogP contribution is 2.65. The zero-order valence-corrected chi connectivity index (χ0v) is 22.6. The maximum Gasteiger partial charge on any atom is 0.231 e. The molecule has 3 aromatic carbocycles. The van der Waals surface area contributed by atoms with Crippen molar-refractivity contribution in [3.8, 4) is 0 Å². The van der Waals surface area contributed by atoms with Crippen LogP contribution in [0.2, 0.25) is 15.1 Å². The van der Waals surface area contributed by atoms with E-state index in [2.05, 4.69) is 10.3 Å². The van der Waals surface area contributed by atoms with Crippen molar-refractivity contribution >= 4 is 86.3 Å². The summed E-state index contributed by atoms with van der Waals surface area (Å²) in [6, 6.07) is 17.6. The van der Waals surface area contributed by atoms with E-state index in [1.165, 1.54) is 0 Å². The number of aryl methyl sites for hydroxylation is 1. The number of carbonyl (C=O) groups excluding carboxylic acids is 2. The number of hydrogen-bond donors (Lipinski definition) is 2. The van der Waals surface area contributed by atoms with Crippen LogP contribution in [0.3, 0.4) is 0 Å². The van der Waals surface area contributed by atoms with Gasteiger partial charge < -0.3 is 10.3 Å². The molecule has 1 aromatic heterocycles. The first-order chi connectivity index (χ1) is 17.0. The highest BCUT2D eigenvalue weighted by Gasteiger charge is 2.67. The van der Waals surface area contributed by atoms with Gasteiger partial charge in [0.15, 0.2) is 5.78 Å². The maximum absolute atomic E-state index is 13.1. The number of nitrogens with one attached hydrogen (secondary N) is 2. The van der Waals surface area contributed by atoms with E-state index >= 15 is 0 Å². The number of benzene rings is 3. The van der Waals surface area contributed by atoms with Crippen LogP contribution in [0.25, 0.3) is 10.9 Å². The Bertz CT molecular complexity index is 1510. The van der Waals surface area contributed by atoms with Crippen molar-refractivity contribution in [1.29, 1.82) is 0 Å². The lowest BCUT2D eigenvalue weighted by Crippen LogP contribution is -2.17. The third-order valence-electron chi connectivity index (χ3n) is 6.30. The van der Waals surface area contributed by atoms with Gasteiger partial charge in [0, 0.05) is 44.8 Å². The van der Waals surface area contributed by atoms with Gasteiger partial charge in [0.25, 0.3) is 0 Å². The molecular formula is C27H19Cl5N2O2. The predicted molar refractivity (Wildman–Crippen MR) is 148 cm³/mol. The summed E-state index contributed by atoms with van der Waals surface area (Å²) in [5.41, 5.74) is 4.35. The molecule has 0 bridgehead atoms. The Hall–Kier alpha value is -2.21. The largest absolute Gasteiger partial charge is 0.359 e. The molecule has 1 aliphatic rings. The Morgan fingerprint density at radius 3 is 2.39 bits per heavy atom. The summed E-state index contributed by atoms with van der Waals surface area (Å²) in [5.74, 6) is -1.74. The summed E-state index contributed by atoms with van der Waals surface area (Å²) in [6.45, 7) is 1.98. The monoisotopic (exact) mass is 578 g/mol. The van der Waals surface area contributed by atoms with E-state index in [0.29, 0.717) is 31.9 Å². The Balaban J connectivity index is 1.32. The predicted octanol–water partition coefficient (Wildman–Crippen LogP) is 8.39.